The molecule has 0 aliphatic heterocycles. The fraction of sp³-hybridized carbons (Fsp3) is 0.222. The van der Waals surface area contributed by atoms with E-state index in [1.54, 1.807) is 20.4 Å². The normalized spacial score (nSPS) is 10.6. The van der Waals surface area contributed by atoms with Crippen LogP contribution < -0.4 is 19.1 Å². The number of nitriles is 1. The summed E-state index contributed by atoms with van der Waals surface area (Å²) in [6, 6.07) is 19.7. The van der Waals surface area contributed by atoms with Gasteiger partial charge in [0.05, 0.1) is 31.5 Å². The molecule has 3 aromatic carbocycles. The molecule has 1 heterocycles. The molecule has 0 saturated carbocycles. The maximum absolute atomic E-state index is 9.90. The first-order valence-electron chi connectivity index (χ1n) is 10.8. The molecule has 0 unspecified atom stereocenters. The van der Waals surface area contributed by atoms with Gasteiger partial charge in [0.15, 0.2) is 11.5 Å². The maximum atomic E-state index is 9.90. The second kappa shape index (κ2) is 10.1. The van der Waals surface area contributed by atoms with Crippen molar-refractivity contribution in [3.05, 3.63) is 83.0 Å². The van der Waals surface area contributed by atoms with Crippen molar-refractivity contribution in [2.24, 2.45) is 0 Å². The highest BCUT2D eigenvalue weighted by Crippen LogP contribution is 2.31. The van der Waals surface area contributed by atoms with Crippen LogP contribution >= 0.6 is 0 Å². The van der Waals surface area contributed by atoms with Crippen LogP contribution in [0.5, 0.6) is 17.2 Å². The van der Waals surface area contributed by atoms with Crippen molar-refractivity contribution in [3.8, 4) is 23.3 Å². The molecule has 0 amide bonds. The third-order valence-electron chi connectivity index (χ3n) is 5.53. The number of ether oxygens (including phenoxy) is 3. The summed E-state index contributed by atoms with van der Waals surface area (Å²) in [5.74, 6) is 2.81. The van der Waals surface area contributed by atoms with Gasteiger partial charge in [0.2, 0.25) is 0 Å². The summed E-state index contributed by atoms with van der Waals surface area (Å²) in [5, 5.41) is 9.90. The Bertz CT molecular complexity index is 1340. The van der Waals surface area contributed by atoms with E-state index in [2.05, 4.69) is 16.0 Å². The molecule has 0 aliphatic carbocycles. The lowest BCUT2D eigenvalue weighted by Crippen LogP contribution is -2.11. The van der Waals surface area contributed by atoms with Crippen molar-refractivity contribution >= 4 is 16.9 Å². The van der Waals surface area contributed by atoms with Crippen LogP contribution in [0.1, 0.15) is 22.3 Å². The Kier molecular flexibility index (Phi) is 6.79. The van der Waals surface area contributed by atoms with E-state index in [1.165, 1.54) is 0 Å². The lowest BCUT2D eigenvalue weighted by Gasteiger charge is -2.14. The van der Waals surface area contributed by atoms with E-state index >= 15 is 0 Å². The topological polar surface area (TPSA) is 80.5 Å². The van der Waals surface area contributed by atoms with Gasteiger partial charge in [-0.1, -0.05) is 24.3 Å². The van der Waals surface area contributed by atoms with Gasteiger partial charge in [0.1, 0.15) is 29.8 Å². The molecule has 4 rings (SSSR count). The predicted molar refractivity (Wildman–Crippen MR) is 132 cm³/mol. The van der Waals surface area contributed by atoms with Crippen molar-refractivity contribution in [3.63, 3.8) is 0 Å². The van der Waals surface area contributed by atoms with E-state index in [1.807, 2.05) is 73.6 Å². The van der Waals surface area contributed by atoms with Crippen LogP contribution in [0.4, 0.5) is 5.82 Å². The van der Waals surface area contributed by atoms with Crippen molar-refractivity contribution in [2.45, 2.75) is 13.0 Å². The van der Waals surface area contributed by atoms with Gasteiger partial charge in [-0.15, -0.1) is 0 Å². The molecular formula is C27H26N4O3. The predicted octanol–water partition coefficient (Wildman–Crippen LogP) is 4.75. The lowest BCUT2D eigenvalue weighted by molar-refractivity contribution is 0.284. The summed E-state index contributed by atoms with van der Waals surface area (Å²) >= 11 is 0. The number of rotatable bonds is 8. The molecule has 172 valence electrons. The van der Waals surface area contributed by atoms with Gasteiger partial charge < -0.3 is 19.1 Å². The van der Waals surface area contributed by atoms with Crippen LogP contribution in [0.3, 0.4) is 0 Å². The number of hydrogen-bond donors (Lipinski definition) is 0. The minimum atomic E-state index is 0.413. The fourth-order valence-corrected chi connectivity index (χ4v) is 3.64. The molecule has 34 heavy (non-hydrogen) atoms. The Labute approximate surface area is 199 Å². The third kappa shape index (κ3) is 4.86. The second-order valence-electron chi connectivity index (χ2n) is 8.00. The highest BCUT2D eigenvalue weighted by atomic mass is 16.5. The first kappa shape index (κ1) is 22.9. The van der Waals surface area contributed by atoms with Gasteiger partial charge in [-0.25, -0.2) is 4.98 Å². The monoisotopic (exact) mass is 454 g/mol. The molecule has 0 N–H and O–H groups in total. The largest absolute Gasteiger partial charge is 0.497 e. The van der Waals surface area contributed by atoms with Gasteiger partial charge in [-0.3, -0.25) is 4.98 Å². The zero-order valence-corrected chi connectivity index (χ0v) is 19.7. The summed E-state index contributed by atoms with van der Waals surface area (Å²) < 4.78 is 16.8. The molecule has 0 aliphatic rings. The molecule has 7 heteroatoms. The fourth-order valence-electron chi connectivity index (χ4n) is 3.64. The summed E-state index contributed by atoms with van der Waals surface area (Å²) in [7, 11) is 7.06. The van der Waals surface area contributed by atoms with E-state index < -0.39 is 0 Å². The Morgan fingerprint density at radius 2 is 1.68 bits per heavy atom. The van der Waals surface area contributed by atoms with E-state index in [-0.39, 0.29) is 0 Å². The Hall–Kier alpha value is -4.31. The van der Waals surface area contributed by atoms with Gasteiger partial charge in [0.25, 0.3) is 0 Å². The summed E-state index contributed by atoms with van der Waals surface area (Å²) in [6.45, 7) is 0.413. The Balaban J connectivity index is 1.57. The van der Waals surface area contributed by atoms with Crippen LogP contribution in [0.2, 0.25) is 0 Å². The number of fused-ring (bicyclic) bond motifs is 1. The minimum absolute atomic E-state index is 0.413. The molecule has 1 aromatic heterocycles. The van der Waals surface area contributed by atoms with Crippen LogP contribution in [-0.2, 0) is 13.0 Å². The average Bonchev–Trinajstić information content (AvgIpc) is 2.87. The highest BCUT2D eigenvalue weighted by Gasteiger charge is 2.14. The van der Waals surface area contributed by atoms with Gasteiger partial charge in [0, 0.05) is 14.1 Å². The average molecular weight is 455 g/mol. The molecular weight excluding hydrogens is 428 g/mol. The molecule has 0 fully saturated rings. The van der Waals surface area contributed by atoms with Crippen molar-refractivity contribution < 1.29 is 14.2 Å². The summed E-state index contributed by atoms with van der Waals surface area (Å²) in [4.78, 5) is 11.0. The maximum Gasteiger partial charge on any atom is 0.161 e. The molecule has 0 bridgehead atoms. The van der Waals surface area contributed by atoms with Crippen molar-refractivity contribution in [1.29, 1.82) is 5.26 Å². The first-order chi connectivity index (χ1) is 16.5. The molecule has 0 radical (unpaired) electrons. The van der Waals surface area contributed by atoms with Gasteiger partial charge >= 0.3 is 0 Å². The standard InChI is InChI=1S/C27H26N4O3/c1-31(2)26-16-29-23-11-8-20(22(15-28)27(23)30-26)13-19-7-12-24(25(14-19)33-4)34-17-18-5-9-21(32-3)10-6-18/h5-12,14,16H,13,17H2,1-4H3. The van der Waals surface area contributed by atoms with Crippen molar-refractivity contribution in [1.82, 2.24) is 9.97 Å². The Morgan fingerprint density at radius 3 is 2.35 bits per heavy atom. The number of aromatic nitrogens is 2. The van der Waals surface area contributed by atoms with Gasteiger partial charge in [-0.2, -0.15) is 5.26 Å². The van der Waals surface area contributed by atoms with Gasteiger partial charge in [-0.05, 0) is 53.4 Å². The highest BCUT2D eigenvalue weighted by molar-refractivity contribution is 5.83. The number of methoxy groups -OCH3 is 2. The molecule has 0 saturated heterocycles. The number of nitrogens with zero attached hydrogens (tertiary/aromatic N) is 4. The molecule has 7 nitrogen and oxygen atoms in total. The summed E-state index contributed by atoms with van der Waals surface area (Å²) in [5.41, 5.74) is 4.76. The second-order valence-corrected chi connectivity index (χ2v) is 8.00. The molecule has 0 atom stereocenters. The zero-order valence-electron chi connectivity index (χ0n) is 19.7. The van der Waals surface area contributed by atoms with Crippen LogP contribution in [0.15, 0.2) is 60.8 Å². The summed E-state index contributed by atoms with van der Waals surface area (Å²) in [6.07, 6.45) is 2.26. The lowest BCUT2D eigenvalue weighted by atomic mass is 9.98. The van der Waals surface area contributed by atoms with Crippen LogP contribution in [0.25, 0.3) is 11.0 Å². The van der Waals surface area contributed by atoms with Crippen molar-refractivity contribution in [2.75, 3.05) is 33.2 Å². The van der Waals surface area contributed by atoms with Crippen LogP contribution in [-0.4, -0.2) is 38.3 Å². The van der Waals surface area contributed by atoms with E-state index in [0.29, 0.717) is 46.9 Å². The SMILES string of the molecule is COc1ccc(COc2ccc(Cc3ccc4ncc(N(C)C)nc4c3C#N)cc2OC)cc1. The first-order valence-corrected chi connectivity index (χ1v) is 10.8. The number of benzene rings is 3. The number of anilines is 1. The smallest absolute Gasteiger partial charge is 0.161 e. The molecule has 0 spiro atoms. The zero-order chi connectivity index (χ0) is 24.1. The van der Waals surface area contributed by atoms with E-state index in [0.717, 1.165) is 22.4 Å². The van der Waals surface area contributed by atoms with Crippen LogP contribution in [0, 0.1) is 11.3 Å². The molecule has 4 aromatic rings. The van der Waals surface area contributed by atoms with E-state index in [9.17, 15) is 5.26 Å². The Morgan fingerprint density at radius 1 is 0.912 bits per heavy atom. The third-order valence-corrected chi connectivity index (χ3v) is 5.53. The van der Waals surface area contributed by atoms with E-state index in [4.69, 9.17) is 14.2 Å². The quantitative estimate of drug-likeness (QED) is 0.380. The number of hydrogen-bond acceptors (Lipinski definition) is 7. The minimum Gasteiger partial charge on any atom is -0.497 e.